The predicted molar refractivity (Wildman–Crippen MR) is 215 cm³/mol. The molecule has 17 heteroatoms. The van der Waals surface area contributed by atoms with Gasteiger partial charge in [0.2, 0.25) is 18.2 Å². The molecule has 0 aliphatic carbocycles. The number of halogens is 3. The van der Waals surface area contributed by atoms with Crippen molar-refractivity contribution in [2.45, 2.75) is 124 Å². The molecule has 14 nitrogen and oxygen atoms in total. The normalized spacial score (nSPS) is 11.9. The van der Waals surface area contributed by atoms with Gasteiger partial charge in [-0.25, -0.2) is 9.59 Å². The van der Waals surface area contributed by atoms with Gasteiger partial charge in [0.1, 0.15) is 23.8 Å². The van der Waals surface area contributed by atoms with E-state index in [0.717, 1.165) is 44.2 Å². The summed E-state index contributed by atoms with van der Waals surface area (Å²) in [5, 5.41) is 16.1. The molecule has 2 unspecified atom stereocenters. The Balaban J connectivity index is 0. The Morgan fingerprint density at radius 3 is 1.78 bits per heavy atom. The van der Waals surface area contributed by atoms with E-state index in [9.17, 15) is 37.1 Å². The molecule has 2 atom stereocenters. The molecule has 0 saturated heterocycles. The molecule has 0 aliphatic rings. The summed E-state index contributed by atoms with van der Waals surface area (Å²) in [7, 11) is 0. The third kappa shape index (κ3) is 30.8. The number of carbonyl (C=O) groups is 6. The van der Waals surface area contributed by atoms with Crippen molar-refractivity contribution in [1.29, 1.82) is 0 Å². The summed E-state index contributed by atoms with van der Waals surface area (Å²) in [6, 6.07) is 13.2. The third-order valence-electron chi connectivity index (χ3n) is 7.12. The Hall–Kier alpha value is -5.35. The summed E-state index contributed by atoms with van der Waals surface area (Å²) in [6.07, 6.45) is -0.938. The SMILES string of the molecule is CC(C)(C)OC(=O)NC(Cc1ccc(C(F)(F)F)cc1)C(N)=O.CC(C)CC(CCc1ccccc1)C(=O)NCC(=O)O.CCCCNC(=O)OC(C)(C)C.NC=O. The quantitative estimate of drug-likeness (QED) is 0.0847. The van der Waals surface area contributed by atoms with Crippen LogP contribution in [0.25, 0.3) is 0 Å². The van der Waals surface area contributed by atoms with E-state index in [1.54, 1.807) is 20.8 Å². The van der Waals surface area contributed by atoms with Crippen LogP contribution < -0.4 is 27.4 Å². The Morgan fingerprint density at radius 2 is 1.34 bits per heavy atom. The first-order valence-corrected chi connectivity index (χ1v) is 18.8. The van der Waals surface area contributed by atoms with Crippen molar-refractivity contribution in [3.05, 3.63) is 71.3 Å². The summed E-state index contributed by atoms with van der Waals surface area (Å²) in [4.78, 5) is 65.2. The number of carboxylic acid groups (broad SMARTS) is 1. The van der Waals surface area contributed by atoms with Crippen LogP contribution in [-0.4, -0.2) is 71.8 Å². The zero-order valence-electron chi connectivity index (χ0n) is 35.2. The van der Waals surface area contributed by atoms with Gasteiger partial charge in [0.05, 0.1) is 5.56 Å². The molecule has 0 aromatic heterocycles. The fourth-order valence-electron chi connectivity index (χ4n) is 4.64. The lowest BCUT2D eigenvalue weighted by Crippen LogP contribution is -2.47. The zero-order valence-corrected chi connectivity index (χ0v) is 35.2. The Kier molecular flexibility index (Phi) is 26.5. The minimum Gasteiger partial charge on any atom is -0.480 e. The van der Waals surface area contributed by atoms with Crippen LogP contribution in [0.15, 0.2) is 54.6 Å². The number of benzene rings is 2. The number of ether oxygens (including phenoxy) is 2. The first kappa shape index (κ1) is 54.7. The second-order valence-corrected chi connectivity index (χ2v) is 15.4. The van der Waals surface area contributed by atoms with E-state index in [4.69, 9.17) is 25.1 Å². The molecule has 2 aromatic rings. The molecular weight excluding hydrogens is 763 g/mol. The highest BCUT2D eigenvalue weighted by molar-refractivity contribution is 5.84. The second-order valence-electron chi connectivity index (χ2n) is 15.4. The minimum absolute atomic E-state index is 0.0350. The van der Waals surface area contributed by atoms with Crippen LogP contribution in [0, 0.1) is 11.8 Å². The number of hydrogen-bond donors (Lipinski definition) is 6. The van der Waals surface area contributed by atoms with Gasteiger partial charge < -0.3 is 42.0 Å². The molecule has 5 amide bonds. The number of unbranched alkanes of at least 4 members (excludes halogenated alkanes) is 1. The van der Waals surface area contributed by atoms with E-state index in [0.29, 0.717) is 18.0 Å². The fraction of sp³-hybridized carbons (Fsp3) is 0.561. The van der Waals surface area contributed by atoms with Gasteiger partial charge in [0.15, 0.2) is 0 Å². The molecule has 58 heavy (non-hydrogen) atoms. The molecular formula is C41H64F3N5O9. The van der Waals surface area contributed by atoms with Crippen LogP contribution in [0.5, 0.6) is 0 Å². The molecule has 0 spiro atoms. The van der Waals surface area contributed by atoms with E-state index in [-0.39, 0.29) is 37.3 Å². The number of hydrogen-bond acceptors (Lipinski definition) is 8. The Morgan fingerprint density at radius 1 is 0.828 bits per heavy atom. The molecule has 0 fully saturated rings. The number of nitrogens with two attached hydrogens (primary N) is 2. The van der Waals surface area contributed by atoms with Crippen molar-refractivity contribution in [2.24, 2.45) is 23.3 Å². The summed E-state index contributed by atoms with van der Waals surface area (Å²) in [5.41, 5.74) is 9.07. The smallest absolute Gasteiger partial charge is 0.416 e. The summed E-state index contributed by atoms with van der Waals surface area (Å²) < 4.78 is 47.5. The Labute approximate surface area is 340 Å². The van der Waals surface area contributed by atoms with Crippen molar-refractivity contribution in [2.75, 3.05) is 13.1 Å². The highest BCUT2D eigenvalue weighted by Crippen LogP contribution is 2.29. The van der Waals surface area contributed by atoms with Crippen molar-refractivity contribution >= 4 is 36.4 Å². The van der Waals surface area contributed by atoms with Gasteiger partial charge in [-0.05, 0) is 96.4 Å². The number of carbonyl (C=O) groups excluding carboxylic acids is 5. The van der Waals surface area contributed by atoms with E-state index in [2.05, 4.69) is 42.5 Å². The van der Waals surface area contributed by atoms with Gasteiger partial charge in [0.25, 0.3) is 0 Å². The fourth-order valence-corrected chi connectivity index (χ4v) is 4.64. The maximum absolute atomic E-state index is 12.5. The molecule has 8 N–H and O–H groups in total. The zero-order chi connectivity index (χ0) is 45.1. The molecule has 0 saturated carbocycles. The summed E-state index contributed by atoms with van der Waals surface area (Å²) in [6.45, 7) is 17.1. The van der Waals surface area contributed by atoms with Crippen LogP contribution in [0.2, 0.25) is 0 Å². The molecule has 0 radical (unpaired) electrons. The van der Waals surface area contributed by atoms with E-state index in [1.807, 2.05) is 51.1 Å². The summed E-state index contributed by atoms with van der Waals surface area (Å²) >= 11 is 0. The van der Waals surface area contributed by atoms with Gasteiger partial charge in [-0.3, -0.25) is 19.2 Å². The van der Waals surface area contributed by atoms with Crippen LogP contribution in [0.1, 0.15) is 105 Å². The standard InChI is InChI=1S/C16H23NO3.C15H19F3N2O3.C9H19NO2.CH3NO/c1-12(2)10-14(16(20)17-11-15(18)19)9-8-13-6-4-3-5-7-13;1-14(2,3)23-13(22)20-11(12(19)21)8-9-4-6-10(7-5-9)15(16,17)18;1-5-6-7-10-8(11)12-9(2,3)4;2-1-3/h3-7,12,14H,8-11H2,1-2H3,(H,17,20)(H,18,19);4-7,11H,8H2,1-3H3,(H2,19,21)(H,20,22);5-7H2,1-4H3,(H,10,11);1H,(H2,2,3). The summed E-state index contributed by atoms with van der Waals surface area (Å²) in [5.74, 6) is -1.70. The van der Waals surface area contributed by atoms with E-state index < -0.39 is 47.0 Å². The highest BCUT2D eigenvalue weighted by Gasteiger charge is 2.30. The lowest BCUT2D eigenvalue weighted by molar-refractivity contribution is -0.138. The number of rotatable bonds is 15. The molecule has 2 aromatic carbocycles. The van der Waals surface area contributed by atoms with Gasteiger partial charge in [-0.2, -0.15) is 13.2 Å². The number of amides is 5. The monoisotopic (exact) mass is 827 g/mol. The van der Waals surface area contributed by atoms with Crippen molar-refractivity contribution in [3.8, 4) is 0 Å². The maximum Gasteiger partial charge on any atom is 0.416 e. The number of alkyl carbamates (subject to hydrolysis) is 2. The van der Waals surface area contributed by atoms with Crippen molar-refractivity contribution < 1.29 is 56.5 Å². The van der Waals surface area contributed by atoms with Gasteiger partial charge in [0, 0.05) is 18.9 Å². The van der Waals surface area contributed by atoms with Gasteiger partial charge in [-0.15, -0.1) is 0 Å². The van der Waals surface area contributed by atoms with E-state index in [1.165, 1.54) is 17.7 Å². The van der Waals surface area contributed by atoms with Crippen LogP contribution in [0.4, 0.5) is 22.8 Å². The topological polar surface area (TPSA) is 229 Å². The average Bonchev–Trinajstić information content (AvgIpc) is 3.08. The predicted octanol–water partition coefficient (Wildman–Crippen LogP) is 6.52. The minimum atomic E-state index is -4.43. The van der Waals surface area contributed by atoms with Crippen molar-refractivity contribution in [1.82, 2.24) is 16.0 Å². The van der Waals surface area contributed by atoms with Crippen LogP contribution >= 0.6 is 0 Å². The highest BCUT2D eigenvalue weighted by atomic mass is 19.4. The molecule has 0 bridgehead atoms. The maximum atomic E-state index is 12.5. The largest absolute Gasteiger partial charge is 0.480 e. The van der Waals surface area contributed by atoms with Gasteiger partial charge >= 0.3 is 24.3 Å². The molecule has 0 heterocycles. The average molecular weight is 828 g/mol. The first-order chi connectivity index (χ1) is 26.7. The second kappa shape index (κ2) is 28.1. The van der Waals surface area contributed by atoms with Crippen molar-refractivity contribution in [3.63, 3.8) is 0 Å². The number of carboxylic acids is 1. The Bertz CT molecular complexity index is 1510. The van der Waals surface area contributed by atoms with E-state index >= 15 is 0 Å². The number of nitrogens with one attached hydrogen (secondary N) is 3. The lowest BCUT2D eigenvalue weighted by Gasteiger charge is -2.22. The number of alkyl halides is 3. The number of primary amides is 2. The lowest BCUT2D eigenvalue weighted by atomic mass is 9.90. The van der Waals surface area contributed by atoms with Gasteiger partial charge in [-0.1, -0.05) is 69.7 Å². The first-order valence-electron chi connectivity index (χ1n) is 18.8. The number of aryl methyl sites for hydroxylation is 1. The third-order valence-corrected chi connectivity index (χ3v) is 7.12. The number of aliphatic carboxylic acids is 1. The molecule has 328 valence electrons. The molecule has 0 aliphatic heterocycles. The van der Waals surface area contributed by atoms with Crippen LogP contribution in [-0.2, 0) is 47.7 Å². The van der Waals surface area contributed by atoms with Crippen LogP contribution in [0.3, 0.4) is 0 Å². The molecule has 2 rings (SSSR count).